The Morgan fingerprint density at radius 1 is 0.415 bits per heavy atom. The van der Waals surface area contributed by atoms with Gasteiger partial charge in [-0.15, -0.1) is 0 Å². The van der Waals surface area contributed by atoms with Gasteiger partial charge in [0.25, 0.3) is 0 Å². The Morgan fingerprint density at radius 2 is 0.732 bits per heavy atom. The first kappa shape index (κ1) is 27.8. The molecular weight excluding hydrogens is 549 g/mol. The molecule has 0 aromatic heterocycles. The summed E-state index contributed by atoms with van der Waals surface area (Å²) in [5.41, 5.74) is 0.406. The highest BCUT2D eigenvalue weighted by molar-refractivity contribution is 6.98. The third-order valence-corrected chi connectivity index (χ3v) is 19.8. The Labute approximate surface area is 249 Å². The van der Waals surface area contributed by atoms with Crippen molar-refractivity contribution < 1.29 is 8.23 Å². The zero-order valence-electron chi connectivity index (χ0n) is 23.5. The molecule has 1 aliphatic carbocycles. The molecule has 41 heavy (non-hydrogen) atoms. The fraction of sp³-hybridized carbons (Fsp3) is 0.167. The average molecular weight is 587 g/mol. The van der Waals surface area contributed by atoms with Crippen LogP contribution in [0.2, 0.25) is 5.54 Å². The summed E-state index contributed by atoms with van der Waals surface area (Å²) in [7, 11) is -7.21. The van der Waals surface area contributed by atoms with Gasteiger partial charge in [0.2, 0.25) is 18.1 Å². The molecular formula is C36H38O2Si3. The van der Waals surface area contributed by atoms with Gasteiger partial charge in [0.1, 0.15) is 0 Å². The first-order chi connectivity index (χ1) is 20.3. The maximum atomic E-state index is 7.90. The monoisotopic (exact) mass is 586 g/mol. The van der Waals surface area contributed by atoms with Gasteiger partial charge in [-0.25, -0.2) is 0 Å². The van der Waals surface area contributed by atoms with Gasteiger partial charge in [-0.2, -0.15) is 0 Å². The van der Waals surface area contributed by atoms with E-state index in [4.69, 9.17) is 8.23 Å². The fourth-order valence-corrected chi connectivity index (χ4v) is 19.9. The Hall–Kier alpha value is -3.33. The maximum absolute atomic E-state index is 7.90. The highest BCUT2D eigenvalue weighted by atomic mass is 28.5. The van der Waals surface area contributed by atoms with Crippen molar-refractivity contribution >= 4 is 52.6 Å². The third-order valence-electron chi connectivity index (χ3n) is 8.31. The van der Waals surface area contributed by atoms with E-state index in [2.05, 4.69) is 152 Å². The van der Waals surface area contributed by atoms with E-state index >= 15 is 0 Å². The number of rotatable bonds is 10. The molecule has 0 radical (unpaired) electrons. The van der Waals surface area contributed by atoms with Crippen molar-refractivity contribution in [1.82, 2.24) is 0 Å². The minimum Gasteiger partial charge on any atom is -0.427 e. The van der Waals surface area contributed by atoms with Gasteiger partial charge >= 0.3 is 8.56 Å². The lowest BCUT2D eigenvalue weighted by Crippen LogP contribution is -2.68. The van der Waals surface area contributed by atoms with E-state index in [0.29, 0.717) is 5.54 Å². The third kappa shape index (κ3) is 6.45. The first-order valence-electron chi connectivity index (χ1n) is 14.9. The average Bonchev–Trinajstić information content (AvgIpc) is 3.07. The van der Waals surface area contributed by atoms with Crippen molar-refractivity contribution in [3.05, 3.63) is 152 Å². The Balaban J connectivity index is 1.55. The molecule has 0 unspecified atom stereocenters. The van der Waals surface area contributed by atoms with Crippen LogP contribution in [-0.2, 0) is 8.23 Å². The van der Waals surface area contributed by atoms with Crippen molar-refractivity contribution in [2.24, 2.45) is 0 Å². The molecule has 0 saturated heterocycles. The molecule has 1 aliphatic rings. The minimum absolute atomic E-state index is 0.406. The summed E-state index contributed by atoms with van der Waals surface area (Å²) in [5.74, 6) is 0. The van der Waals surface area contributed by atoms with Crippen LogP contribution in [0.5, 0.6) is 0 Å². The highest BCUT2D eigenvalue weighted by Gasteiger charge is 2.51. The molecule has 0 heterocycles. The standard InChI is InChI=1S/C36H38O2Si3/c1-7-19-31(20-8-1)39(32-21-9-2-10-22-32)37-41(35-27-15-5-16-28-35,36-29-17-6-18-30-36)38-40(33-23-11-3-12-24-33)34-25-13-4-14-26-34/h1-5,7-16,19-28,36,39-40H,6,17-18,29-30H2. The van der Waals surface area contributed by atoms with Crippen LogP contribution in [0.3, 0.4) is 0 Å². The molecule has 6 rings (SSSR count). The Kier molecular flexibility index (Phi) is 9.20. The molecule has 5 heteroatoms. The van der Waals surface area contributed by atoms with Crippen molar-refractivity contribution in [2.45, 2.75) is 37.6 Å². The van der Waals surface area contributed by atoms with Gasteiger partial charge in [0, 0.05) is 5.54 Å². The summed E-state index contributed by atoms with van der Waals surface area (Å²) in [6.45, 7) is 0. The second kappa shape index (κ2) is 13.6. The summed E-state index contributed by atoms with van der Waals surface area (Å²) >= 11 is 0. The van der Waals surface area contributed by atoms with Gasteiger partial charge < -0.3 is 8.23 Å². The van der Waals surface area contributed by atoms with E-state index in [0.717, 1.165) is 12.8 Å². The van der Waals surface area contributed by atoms with Crippen LogP contribution in [-0.4, -0.2) is 26.6 Å². The van der Waals surface area contributed by atoms with E-state index in [9.17, 15) is 0 Å². The quantitative estimate of drug-likeness (QED) is 0.219. The summed E-state index contributed by atoms with van der Waals surface area (Å²) in [6, 6.07) is 54.8. The molecule has 0 aliphatic heterocycles. The molecule has 0 N–H and O–H groups in total. The van der Waals surface area contributed by atoms with E-state index in [1.807, 2.05) is 0 Å². The maximum Gasteiger partial charge on any atom is 0.355 e. The lowest BCUT2D eigenvalue weighted by Gasteiger charge is -2.44. The second-order valence-corrected chi connectivity index (χ2v) is 19.8. The predicted octanol–water partition coefficient (Wildman–Crippen LogP) is 4.78. The molecule has 0 spiro atoms. The van der Waals surface area contributed by atoms with E-state index in [-0.39, 0.29) is 0 Å². The normalized spacial score (nSPS) is 14.4. The number of benzene rings is 5. The lowest BCUT2D eigenvalue weighted by atomic mass is 10.0. The van der Waals surface area contributed by atoms with Crippen LogP contribution in [0.1, 0.15) is 32.1 Å². The number of hydrogen-bond donors (Lipinski definition) is 0. The van der Waals surface area contributed by atoms with Crippen LogP contribution in [0, 0.1) is 0 Å². The highest BCUT2D eigenvalue weighted by Crippen LogP contribution is 2.39. The van der Waals surface area contributed by atoms with Crippen LogP contribution < -0.4 is 25.9 Å². The summed E-state index contributed by atoms with van der Waals surface area (Å²) in [6.07, 6.45) is 6.11. The van der Waals surface area contributed by atoms with Crippen LogP contribution in [0.4, 0.5) is 0 Å². The van der Waals surface area contributed by atoms with Crippen molar-refractivity contribution in [3.63, 3.8) is 0 Å². The zero-order chi connectivity index (χ0) is 27.7. The summed E-state index contributed by atoms with van der Waals surface area (Å²) in [4.78, 5) is 0. The summed E-state index contributed by atoms with van der Waals surface area (Å²) in [5, 5.41) is 6.51. The Bertz CT molecular complexity index is 1300. The second-order valence-electron chi connectivity index (χ2n) is 11.0. The molecule has 0 atom stereocenters. The zero-order valence-corrected chi connectivity index (χ0v) is 26.8. The van der Waals surface area contributed by atoms with Crippen molar-refractivity contribution in [2.75, 3.05) is 0 Å². The largest absolute Gasteiger partial charge is 0.427 e. The van der Waals surface area contributed by atoms with Crippen LogP contribution in [0.25, 0.3) is 0 Å². The van der Waals surface area contributed by atoms with Gasteiger partial charge in [-0.1, -0.05) is 171 Å². The fourth-order valence-electron chi connectivity index (χ4n) is 6.26. The molecule has 2 nitrogen and oxygen atoms in total. The smallest absolute Gasteiger partial charge is 0.355 e. The molecule has 5 aromatic carbocycles. The van der Waals surface area contributed by atoms with Gasteiger partial charge in [0.15, 0.2) is 0 Å². The van der Waals surface area contributed by atoms with Gasteiger partial charge in [0.05, 0.1) is 0 Å². The van der Waals surface area contributed by atoms with Gasteiger partial charge in [-0.3, -0.25) is 0 Å². The molecule has 1 fully saturated rings. The molecule has 0 amide bonds. The SMILES string of the molecule is c1ccc([SiH](O[Si](O[SiH](c2ccccc2)c2ccccc2)(c2ccccc2)C2CCCCC2)c2ccccc2)cc1. The van der Waals surface area contributed by atoms with E-state index < -0.39 is 26.6 Å². The van der Waals surface area contributed by atoms with Gasteiger partial charge in [-0.05, 0) is 38.8 Å². The molecule has 1 saturated carbocycles. The molecule has 0 bridgehead atoms. The molecule has 5 aromatic rings. The first-order valence-corrected chi connectivity index (χ1v) is 20.1. The van der Waals surface area contributed by atoms with Crippen molar-refractivity contribution in [1.29, 1.82) is 0 Å². The minimum atomic E-state index is -3.00. The van der Waals surface area contributed by atoms with Crippen LogP contribution >= 0.6 is 0 Å². The lowest BCUT2D eigenvalue weighted by molar-refractivity contribution is 0.359. The van der Waals surface area contributed by atoms with E-state index in [1.165, 1.54) is 45.2 Å². The number of hydrogen-bond acceptors (Lipinski definition) is 2. The summed E-state index contributed by atoms with van der Waals surface area (Å²) < 4.78 is 15.8. The topological polar surface area (TPSA) is 18.5 Å². The van der Waals surface area contributed by atoms with Crippen LogP contribution in [0.15, 0.2) is 152 Å². The van der Waals surface area contributed by atoms with E-state index in [1.54, 1.807) is 0 Å². The van der Waals surface area contributed by atoms with Crippen molar-refractivity contribution in [3.8, 4) is 0 Å². The molecule has 206 valence electrons. The predicted molar refractivity (Wildman–Crippen MR) is 179 cm³/mol. The Morgan fingerprint density at radius 3 is 1.07 bits per heavy atom.